The molecule has 21 heavy (non-hydrogen) atoms. The zero-order valence-corrected chi connectivity index (χ0v) is 13.3. The zero-order chi connectivity index (χ0) is 15.2. The highest BCUT2D eigenvalue weighted by Gasteiger charge is 2.00. The smallest absolute Gasteiger partial charge is 0.119 e. The van der Waals surface area contributed by atoms with E-state index in [1.54, 1.807) is 0 Å². The highest BCUT2D eigenvalue weighted by atomic mass is 16.5. The minimum absolute atomic E-state index is 0.211. The van der Waals surface area contributed by atoms with E-state index in [9.17, 15) is 0 Å². The van der Waals surface area contributed by atoms with Crippen LogP contribution in [0.4, 0.5) is 11.4 Å². The molecular weight excluding hydrogens is 260 g/mol. The summed E-state index contributed by atoms with van der Waals surface area (Å²) < 4.78 is 5.65. The molecule has 2 aromatic carbocycles. The van der Waals surface area contributed by atoms with Crippen molar-refractivity contribution in [2.24, 2.45) is 0 Å². The van der Waals surface area contributed by atoms with Crippen LogP contribution in [0.25, 0.3) is 0 Å². The summed E-state index contributed by atoms with van der Waals surface area (Å²) in [4.78, 5) is 2.10. The third-order valence-corrected chi connectivity index (χ3v) is 3.15. The first-order chi connectivity index (χ1) is 10.0. The average Bonchev–Trinajstić information content (AvgIpc) is 2.46. The second-order valence-corrected chi connectivity index (χ2v) is 5.61. The Bertz CT molecular complexity index is 562. The van der Waals surface area contributed by atoms with Crippen molar-refractivity contribution >= 4 is 11.4 Å². The van der Waals surface area contributed by atoms with Crippen molar-refractivity contribution in [3.63, 3.8) is 0 Å². The molecule has 0 bridgehead atoms. The molecule has 0 aliphatic heterocycles. The summed E-state index contributed by atoms with van der Waals surface area (Å²) in [5.74, 6) is 0.920. The molecule has 0 aliphatic rings. The largest absolute Gasteiger partial charge is 0.491 e. The molecular formula is C18H24N2O. The van der Waals surface area contributed by atoms with Crippen molar-refractivity contribution in [2.75, 3.05) is 24.3 Å². The summed E-state index contributed by atoms with van der Waals surface area (Å²) >= 11 is 0. The van der Waals surface area contributed by atoms with E-state index in [2.05, 4.69) is 46.6 Å². The number of hydrogen-bond acceptors (Lipinski definition) is 3. The molecule has 3 heteroatoms. The second kappa shape index (κ2) is 7.02. The first-order valence-electron chi connectivity index (χ1n) is 7.31. The maximum absolute atomic E-state index is 5.65. The van der Waals surface area contributed by atoms with Gasteiger partial charge < -0.3 is 15.0 Å². The van der Waals surface area contributed by atoms with E-state index in [-0.39, 0.29) is 6.10 Å². The highest BCUT2D eigenvalue weighted by molar-refractivity contribution is 5.57. The van der Waals surface area contributed by atoms with Crippen molar-refractivity contribution in [1.29, 1.82) is 0 Å². The van der Waals surface area contributed by atoms with Gasteiger partial charge >= 0.3 is 0 Å². The Morgan fingerprint density at radius 2 is 1.76 bits per heavy atom. The topological polar surface area (TPSA) is 24.5 Å². The lowest BCUT2D eigenvalue weighted by Gasteiger charge is -2.14. The van der Waals surface area contributed by atoms with Gasteiger partial charge in [-0.1, -0.05) is 18.2 Å². The van der Waals surface area contributed by atoms with Crippen molar-refractivity contribution in [1.82, 2.24) is 0 Å². The minimum Gasteiger partial charge on any atom is -0.491 e. The van der Waals surface area contributed by atoms with Crippen molar-refractivity contribution in [2.45, 2.75) is 26.5 Å². The highest BCUT2D eigenvalue weighted by Crippen LogP contribution is 2.19. The Morgan fingerprint density at radius 3 is 2.38 bits per heavy atom. The Morgan fingerprint density at radius 1 is 1.05 bits per heavy atom. The third kappa shape index (κ3) is 4.71. The van der Waals surface area contributed by atoms with Crippen LogP contribution in [0, 0.1) is 0 Å². The molecule has 0 aliphatic carbocycles. The van der Waals surface area contributed by atoms with Gasteiger partial charge in [0.25, 0.3) is 0 Å². The molecule has 0 saturated heterocycles. The summed E-state index contributed by atoms with van der Waals surface area (Å²) in [6.45, 7) is 4.87. The number of anilines is 2. The molecule has 112 valence electrons. The van der Waals surface area contributed by atoms with Crippen LogP contribution >= 0.6 is 0 Å². The summed E-state index contributed by atoms with van der Waals surface area (Å²) in [5, 5.41) is 3.45. The molecule has 0 heterocycles. The molecule has 0 atom stereocenters. The zero-order valence-electron chi connectivity index (χ0n) is 13.3. The Labute approximate surface area is 127 Å². The first-order valence-corrected chi connectivity index (χ1v) is 7.31. The van der Waals surface area contributed by atoms with E-state index in [0.29, 0.717) is 0 Å². The minimum atomic E-state index is 0.211. The summed E-state index contributed by atoms with van der Waals surface area (Å²) in [6, 6.07) is 16.6. The predicted molar refractivity (Wildman–Crippen MR) is 90.3 cm³/mol. The predicted octanol–water partition coefficient (Wildman–Crippen LogP) is 4.15. The first kappa shape index (κ1) is 15.2. The number of rotatable bonds is 6. The normalized spacial score (nSPS) is 10.5. The van der Waals surface area contributed by atoms with Crippen LogP contribution < -0.4 is 15.0 Å². The molecule has 1 N–H and O–H groups in total. The van der Waals surface area contributed by atoms with E-state index in [0.717, 1.165) is 18.0 Å². The molecule has 2 rings (SSSR count). The summed E-state index contributed by atoms with van der Waals surface area (Å²) in [6.07, 6.45) is 0.211. The lowest BCUT2D eigenvalue weighted by Crippen LogP contribution is -2.09. The number of nitrogens with one attached hydrogen (secondary N) is 1. The molecule has 0 amide bonds. The van der Waals surface area contributed by atoms with Gasteiger partial charge in [-0.15, -0.1) is 0 Å². The van der Waals surface area contributed by atoms with E-state index in [1.165, 1.54) is 11.3 Å². The standard InChI is InChI=1S/C18H24N2O/c1-14(2)21-18-10-8-15(9-11-18)13-19-16-6-5-7-17(12-16)20(3)4/h5-12,14,19H,13H2,1-4H3. The van der Waals surface area contributed by atoms with E-state index >= 15 is 0 Å². The Kier molecular flexibility index (Phi) is 5.09. The quantitative estimate of drug-likeness (QED) is 0.862. The van der Waals surface area contributed by atoms with Crippen molar-refractivity contribution < 1.29 is 4.74 Å². The molecule has 0 saturated carbocycles. The SMILES string of the molecule is CC(C)Oc1ccc(CNc2cccc(N(C)C)c2)cc1. The fourth-order valence-electron chi connectivity index (χ4n) is 2.06. The van der Waals surface area contributed by atoms with Gasteiger partial charge in [-0.25, -0.2) is 0 Å². The van der Waals surface area contributed by atoms with Crippen molar-refractivity contribution in [3.8, 4) is 5.75 Å². The molecule has 0 spiro atoms. The number of ether oxygens (including phenoxy) is 1. The third-order valence-electron chi connectivity index (χ3n) is 3.15. The number of benzene rings is 2. The monoisotopic (exact) mass is 284 g/mol. The van der Waals surface area contributed by atoms with Gasteiger partial charge in [0.1, 0.15) is 5.75 Å². The number of nitrogens with zero attached hydrogens (tertiary/aromatic N) is 1. The molecule has 0 radical (unpaired) electrons. The van der Waals surface area contributed by atoms with Crippen LogP contribution in [0.1, 0.15) is 19.4 Å². The van der Waals surface area contributed by atoms with Crippen LogP contribution in [-0.2, 0) is 6.54 Å². The van der Waals surface area contributed by atoms with Gasteiger partial charge in [0, 0.05) is 32.0 Å². The van der Waals surface area contributed by atoms with Crippen LogP contribution in [0.3, 0.4) is 0 Å². The lowest BCUT2D eigenvalue weighted by molar-refractivity contribution is 0.242. The molecule has 0 aromatic heterocycles. The Balaban J connectivity index is 1.95. The summed E-state index contributed by atoms with van der Waals surface area (Å²) in [5.41, 5.74) is 3.56. The van der Waals surface area contributed by atoms with Crippen LogP contribution in [-0.4, -0.2) is 20.2 Å². The van der Waals surface area contributed by atoms with Gasteiger partial charge in [0.15, 0.2) is 0 Å². The van der Waals surface area contributed by atoms with Gasteiger partial charge in [-0.3, -0.25) is 0 Å². The van der Waals surface area contributed by atoms with Gasteiger partial charge in [-0.05, 0) is 49.7 Å². The van der Waals surface area contributed by atoms with Gasteiger partial charge in [0.2, 0.25) is 0 Å². The maximum Gasteiger partial charge on any atom is 0.119 e. The molecule has 2 aromatic rings. The maximum atomic E-state index is 5.65. The van der Waals surface area contributed by atoms with Gasteiger partial charge in [-0.2, -0.15) is 0 Å². The molecule has 0 unspecified atom stereocenters. The van der Waals surface area contributed by atoms with Crippen molar-refractivity contribution in [3.05, 3.63) is 54.1 Å². The van der Waals surface area contributed by atoms with Gasteiger partial charge in [0.05, 0.1) is 6.10 Å². The lowest BCUT2D eigenvalue weighted by atomic mass is 10.2. The van der Waals surface area contributed by atoms with E-state index < -0.39 is 0 Å². The average molecular weight is 284 g/mol. The number of hydrogen-bond donors (Lipinski definition) is 1. The molecule has 0 fully saturated rings. The van der Waals surface area contributed by atoms with Crippen LogP contribution in [0.15, 0.2) is 48.5 Å². The second-order valence-electron chi connectivity index (χ2n) is 5.61. The fourth-order valence-corrected chi connectivity index (χ4v) is 2.06. The van der Waals surface area contributed by atoms with E-state index in [1.807, 2.05) is 40.1 Å². The molecule has 3 nitrogen and oxygen atoms in total. The van der Waals surface area contributed by atoms with Crippen LogP contribution in [0.5, 0.6) is 5.75 Å². The van der Waals surface area contributed by atoms with E-state index in [4.69, 9.17) is 4.74 Å². The van der Waals surface area contributed by atoms with Crippen LogP contribution in [0.2, 0.25) is 0 Å². The fraction of sp³-hybridized carbons (Fsp3) is 0.333. The Hall–Kier alpha value is -2.16. The summed E-state index contributed by atoms with van der Waals surface area (Å²) in [7, 11) is 4.10.